The van der Waals surface area contributed by atoms with Crippen molar-refractivity contribution in [3.8, 4) is 34.3 Å². The molecule has 0 saturated heterocycles. The molecule has 3 N–H and O–H groups in total. The summed E-state index contributed by atoms with van der Waals surface area (Å²) < 4.78 is 5.58. The van der Waals surface area contributed by atoms with Gasteiger partial charge in [-0.05, 0) is 35.7 Å². The first-order valence-corrected chi connectivity index (χ1v) is 11.1. The fourth-order valence-electron chi connectivity index (χ4n) is 3.48. The van der Waals surface area contributed by atoms with E-state index in [1.807, 2.05) is 52.8 Å². The first kappa shape index (κ1) is 24.6. The Hall–Kier alpha value is -3.03. The van der Waals surface area contributed by atoms with Crippen LogP contribution < -0.4 is 4.74 Å². The van der Waals surface area contributed by atoms with Crippen molar-refractivity contribution >= 4 is 0 Å². The number of aromatic hydroxyl groups is 1. The molecule has 0 spiro atoms. The standard InChI is InChI=1S/C26H33N3O4/c1-6-11-33-18-8-9-19(22(32)13-18)23-27-16-28-24(29-23)20-12-17(25(2,3)14-30)7-10-21(20)26(4,5)15-31/h7-10,12-13,16,30-32H,6,11,14-15H2,1-5H3. The molecule has 0 atom stereocenters. The number of ether oxygens (including phenoxy) is 1. The van der Waals surface area contributed by atoms with E-state index in [2.05, 4.69) is 15.0 Å². The molecular weight excluding hydrogens is 418 g/mol. The summed E-state index contributed by atoms with van der Waals surface area (Å²) in [5, 5.41) is 30.4. The van der Waals surface area contributed by atoms with Crippen LogP contribution >= 0.6 is 0 Å². The van der Waals surface area contributed by atoms with Crippen molar-refractivity contribution in [3.63, 3.8) is 0 Å². The first-order chi connectivity index (χ1) is 15.6. The summed E-state index contributed by atoms with van der Waals surface area (Å²) in [5.41, 5.74) is 2.03. The molecule has 0 radical (unpaired) electrons. The zero-order chi connectivity index (χ0) is 24.2. The van der Waals surface area contributed by atoms with Gasteiger partial charge in [0, 0.05) is 22.5 Å². The van der Waals surface area contributed by atoms with Gasteiger partial charge in [-0.3, -0.25) is 0 Å². The second-order valence-corrected chi connectivity index (χ2v) is 9.50. The van der Waals surface area contributed by atoms with Crippen molar-refractivity contribution < 1.29 is 20.1 Å². The smallest absolute Gasteiger partial charge is 0.167 e. The number of nitrogens with zero attached hydrogens (tertiary/aromatic N) is 3. The van der Waals surface area contributed by atoms with E-state index >= 15 is 0 Å². The van der Waals surface area contributed by atoms with Crippen LogP contribution in [-0.2, 0) is 10.8 Å². The molecule has 2 aromatic carbocycles. The lowest BCUT2D eigenvalue weighted by Gasteiger charge is -2.28. The normalized spacial score (nSPS) is 12.1. The van der Waals surface area contributed by atoms with Crippen molar-refractivity contribution in [2.45, 2.75) is 51.9 Å². The van der Waals surface area contributed by atoms with Crippen LogP contribution in [0.4, 0.5) is 0 Å². The van der Waals surface area contributed by atoms with Gasteiger partial charge in [-0.2, -0.15) is 0 Å². The monoisotopic (exact) mass is 451 g/mol. The number of hydrogen-bond donors (Lipinski definition) is 3. The molecule has 7 heteroatoms. The van der Waals surface area contributed by atoms with E-state index in [1.165, 1.54) is 6.33 Å². The highest BCUT2D eigenvalue weighted by molar-refractivity contribution is 5.69. The van der Waals surface area contributed by atoms with Crippen LogP contribution in [0, 0.1) is 0 Å². The minimum Gasteiger partial charge on any atom is -0.507 e. The number of aliphatic hydroxyl groups is 2. The van der Waals surface area contributed by atoms with Gasteiger partial charge in [-0.1, -0.05) is 46.8 Å². The van der Waals surface area contributed by atoms with Crippen molar-refractivity contribution in [3.05, 3.63) is 53.9 Å². The summed E-state index contributed by atoms with van der Waals surface area (Å²) in [5.74, 6) is 1.36. The SMILES string of the molecule is CCCOc1ccc(-c2ncnc(-c3cc(C(C)(C)CO)ccc3C(C)(C)CO)n2)c(O)c1. The van der Waals surface area contributed by atoms with Crippen LogP contribution in [0.3, 0.4) is 0 Å². The van der Waals surface area contributed by atoms with Crippen LogP contribution in [-0.4, -0.2) is 50.1 Å². The molecule has 3 rings (SSSR count). The molecule has 0 bridgehead atoms. The lowest BCUT2D eigenvalue weighted by Crippen LogP contribution is -2.26. The maximum Gasteiger partial charge on any atom is 0.167 e. The van der Waals surface area contributed by atoms with Crippen molar-refractivity contribution in [2.24, 2.45) is 0 Å². The Morgan fingerprint density at radius 2 is 1.52 bits per heavy atom. The maximum atomic E-state index is 10.6. The van der Waals surface area contributed by atoms with Gasteiger partial charge >= 0.3 is 0 Å². The fraction of sp³-hybridized carbons (Fsp3) is 0.423. The van der Waals surface area contributed by atoms with E-state index in [0.29, 0.717) is 29.6 Å². The molecule has 0 fully saturated rings. The summed E-state index contributed by atoms with van der Waals surface area (Å²) in [6.07, 6.45) is 2.29. The summed E-state index contributed by atoms with van der Waals surface area (Å²) in [6.45, 7) is 10.3. The number of hydrogen-bond acceptors (Lipinski definition) is 7. The van der Waals surface area contributed by atoms with Crippen molar-refractivity contribution in [1.82, 2.24) is 15.0 Å². The summed E-state index contributed by atoms with van der Waals surface area (Å²) >= 11 is 0. The Morgan fingerprint density at radius 1 is 0.848 bits per heavy atom. The molecule has 3 aromatic rings. The highest BCUT2D eigenvalue weighted by atomic mass is 16.5. The van der Waals surface area contributed by atoms with Gasteiger partial charge in [0.1, 0.15) is 17.8 Å². The van der Waals surface area contributed by atoms with Crippen LogP contribution in [0.1, 0.15) is 52.2 Å². The quantitative estimate of drug-likeness (QED) is 0.446. The Balaban J connectivity index is 2.12. The zero-order valence-corrected chi connectivity index (χ0v) is 20.0. The second-order valence-electron chi connectivity index (χ2n) is 9.50. The third-order valence-corrected chi connectivity index (χ3v) is 5.82. The highest BCUT2D eigenvalue weighted by Gasteiger charge is 2.28. The van der Waals surface area contributed by atoms with Crippen LogP contribution in [0.2, 0.25) is 0 Å². The van der Waals surface area contributed by atoms with Crippen molar-refractivity contribution in [1.29, 1.82) is 0 Å². The van der Waals surface area contributed by atoms with E-state index < -0.39 is 10.8 Å². The Bertz CT molecular complexity index is 1110. The van der Waals surface area contributed by atoms with Crippen molar-refractivity contribution in [2.75, 3.05) is 19.8 Å². The van der Waals surface area contributed by atoms with Gasteiger partial charge in [-0.25, -0.2) is 15.0 Å². The van der Waals surface area contributed by atoms with E-state index in [9.17, 15) is 15.3 Å². The average molecular weight is 452 g/mol. The fourth-order valence-corrected chi connectivity index (χ4v) is 3.48. The van der Waals surface area contributed by atoms with E-state index in [-0.39, 0.29) is 19.0 Å². The number of rotatable bonds is 9. The van der Waals surface area contributed by atoms with Gasteiger partial charge in [-0.15, -0.1) is 0 Å². The predicted molar refractivity (Wildman–Crippen MR) is 128 cm³/mol. The molecule has 0 saturated carbocycles. The minimum atomic E-state index is -0.537. The second kappa shape index (κ2) is 9.85. The van der Waals surface area contributed by atoms with E-state index in [0.717, 1.165) is 23.1 Å². The molecule has 0 unspecified atom stereocenters. The van der Waals surface area contributed by atoms with Crippen LogP contribution in [0.5, 0.6) is 11.5 Å². The lowest BCUT2D eigenvalue weighted by atomic mass is 9.78. The van der Waals surface area contributed by atoms with Gasteiger partial charge in [0.05, 0.1) is 25.4 Å². The van der Waals surface area contributed by atoms with Gasteiger partial charge in [0.2, 0.25) is 0 Å². The molecular formula is C26H33N3O4. The molecule has 0 aliphatic rings. The Morgan fingerprint density at radius 3 is 2.12 bits per heavy atom. The predicted octanol–water partition coefficient (Wildman–Crippen LogP) is 4.24. The zero-order valence-electron chi connectivity index (χ0n) is 20.0. The molecule has 1 aromatic heterocycles. The molecule has 33 heavy (non-hydrogen) atoms. The molecule has 176 valence electrons. The molecule has 0 amide bonds. The molecule has 7 nitrogen and oxygen atoms in total. The number of benzene rings is 2. The van der Waals surface area contributed by atoms with Gasteiger partial charge < -0.3 is 20.1 Å². The number of aromatic nitrogens is 3. The molecule has 0 aliphatic heterocycles. The Kier molecular flexibility index (Phi) is 7.34. The van der Waals surface area contributed by atoms with E-state index in [4.69, 9.17) is 4.74 Å². The third kappa shape index (κ3) is 5.31. The largest absolute Gasteiger partial charge is 0.507 e. The number of phenolic OH excluding ortho intramolecular Hbond substituents is 1. The minimum absolute atomic E-state index is 0.0159. The summed E-state index contributed by atoms with van der Waals surface area (Å²) in [6, 6.07) is 10.9. The van der Waals surface area contributed by atoms with Gasteiger partial charge in [0.15, 0.2) is 11.6 Å². The third-order valence-electron chi connectivity index (χ3n) is 5.82. The summed E-state index contributed by atoms with van der Waals surface area (Å²) in [7, 11) is 0. The first-order valence-electron chi connectivity index (χ1n) is 11.1. The van der Waals surface area contributed by atoms with E-state index in [1.54, 1.807) is 18.2 Å². The lowest BCUT2D eigenvalue weighted by molar-refractivity contribution is 0.216. The number of aliphatic hydroxyl groups excluding tert-OH is 2. The average Bonchev–Trinajstić information content (AvgIpc) is 2.82. The molecule has 0 aliphatic carbocycles. The Labute approximate surface area is 195 Å². The highest BCUT2D eigenvalue weighted by Crippen LogP contribution is 2.36. The summed E-state index contributed by atoms with van der Waals surface area (Å²) in [4.78, 5) is 13.3. The topological polar surface area (TPSA) is 109 Å². The molecule has 1 heterocycles. The van der Waals surface area contributed by atoms with Crippen LogP contribution in [0.25, 0.3) is 22.8 Å². The van der Waals surface area contributed by atoms with Gasteiger partial charge in [0.25, 0.3) is 0 Å². The van der Waals surface area contributed by atoms with Crippen LogP contribution in [0.15, 0.2) is 42.7 Å². The number of phenols is 1. The maximum absolute atomic E-state index is 10.6.